The van der Waals surface area contributed by atoms with Gasteiger partial charge in [-0.25, -0.2) is 0 Å². The first-order chi connectivity index (χ1) is 26.5. The fourth-order valence-electron chi connectivity index (χ4n) is 8.31. The van der Waals surface area contributed by atoms with Gasteiger partial charge in [-0.3, -0.25) is 43.8 Å². The Morgan fingerprint density at radius 3 is 2.22 bits per heavy atom. The molecule has 2 fully saturated rings. The molecule has 4 aliphatic heterocycles. The van der Waals surface area contributed by atoms with Crippen molar-refractivity contribution in [2.75, 3.05) is 19.6 Å². The number of hydrogen-bond acceptors (Lipinski definition) is 8. The highest BCUT2D eigenvalue weighted by atomic mass is 35.5. The normalized spacial score (nSPS) is 18.8. The molecule has 1 N–H and O–H groups in total. The molecular formula is C42H40ClN7O5. The van der Waals surface area contributed by atoms with Crippen molar-refractivity contribution in [1.29, 1.82) is 5.26 Å². The van der Waals surface area contributed by atoms with E-state index in [9.17, 15) is 29.2 Å². The van der Waals surface area contributed by atoms with Crippen molar-refractivity contribution in [3.05, 3.63) is 110 Å². The first-order valence-electron chi connectivity index (χ1n) is 18.7. The number of nitrogens with one attached hydrogen (secondary N) is 1. The van der Waals surface area contributed by atoms with Crippen LogP contribution in [0.3, 0.4) is 0 Å². The van der Waals surface area contributed by atoms with Gasteiger partial charge in [0.15, 0.2) is 0 Å². The van der Waals surface area contributed by atoms with Gasteiger partial charge in [0, 0.05) is 49.4 Å². The fourth-order valence-corrected chi connectivity index (χ4v) is 8.53. The number of carbonyl (C=O) groups excluding carboxylic acids is 5. The van der Waals surface area contributed by atoms with Crippen LogP contribution in [0.15, 0.2) is 54.6 Å². The number of amides is 5. The van der Waals surface area contributed by atoms with E-state index in [1.165, 1.54) is 0 Å². The quantitative estimate of drug-likeness (QED) is 0.235. The number of carbonyl (C=O) groups is 5. The largest absolute Gasteiger partial charge is 0.339 e. The van der Waals surface area contributed by atoms with Gasteiger partial charge < -0.3 is 4.90 Å². The van der Waals surface area contributed by atoms with Gasteiger partial charge >= 0.3 is 0 Å². The summed E-state index contributed by atoms with van der Waals surface area (Å²) in [4.78, 5) is 69.3. The van der Waals surface area contributed by atoms with Gasteiger partial charge in [-0.2, -0.15) is 10.4 Å². The Balaban J connectivity index is 0.816. The monoisotopic (exact) mass is 757 g/mol. The number of fused-ring (bicyclic) bond motifs is 2. The Kier molecular flexibility index (Phi) is 9.61. The molecule has 4 aliphatic rings. The van der Waals surface area contributed by atoms with E-state index in [0.29, 0.717) is 65.9 Å². The lowest BCUT2D eigenvalue weighted by Gasteiger charge is -2.33. The maximum absolute atomic E-state index is 13.5. The zero-order valence-electron chi connectivity index (χ0n) is 30.7. The molecule has 5 amide bonds. The molecule has 12 nitrogen and oxygen atoms in total. The van der Waals surface area contributed by atoms with Crippen molar-refractivity contribution >= 4 is 41.1 Å². The van der Waals surface area contributed by atoms with E-state index in [0.717, 1.165) is 69.9 Å². The van der Waals surface area contributed by atoms with E-state index in [2.05, 4.69) is 16.3 Å². The molecule has 55 heavy (non-hydrogen) atoms. The summed E-state index contributed by atoms with van der Waals surface area (Å²) < 4.78 is 1.95. The number of likely N-dealkylation sites (tertiary alicyclic amines) is 1. The Bertz CT molecular complexity index is 2270. The van der Waals surface area contributed by atoms with Crippen LogP contribution in [-0.4, -0.2) is 79.7 Å². The smallest absolute Gasteiger partial charge is 0.262 e. The molecule has 4 aromatic rings. The number of benzene rings is 3. The molecule has 0 saturated carbocycles. The number of hydrogen-bond donors (Lipinski definition) is 1. The summed E-state index contributed by atoms with van der Waals surface area (Å²) in [6.45, 7) is 8.27. The molecule has 8 rings (SSSR count). The predicted molar refractivity (Wildman–Crippen MR) is 203 cm³/mol. The number of nitriles is 1. The fraction of sp³-hybridized carbons (Fsp3) is 0.357. The van der Waals surface area contributed by atoms with Crippen molar-refractivity contribution in [1.82, 2.24) is 29.8 Å². The van der Waals surface area contributed by atoms with Crippen molar-refractivity contribution in [2.45, 2.75) is 71.6 Å². The second kappa shape index (κ2) is 14.5. The number of piperidine rings is 2. The van der Waals surface area contributed by atoms with Gasteiger partial charge in [0.05, 0.1) is 34.0 Å². The van der Waals surface area contributed by atoms with Crippen molar-refractivity contribution < 1.29 is 24.0 Å². The Labute approximate surface area is 323 Å². The zero-order valence-corrected chi connectivity index (χ0v) is 31.5. The molecular weight excluding hydrogens is 718 g/mol. The molecule has 0 aliphatic carbocycles. The maximum atomic E-state index is 13.5. The Hall–Kier alpha value is -5.64. The average Bonchev–Trinajstić information content (AvgIpc) is 3.80. The lowest BCUT2D eigenvalue weighted by atomic mass is 9.93. The molecule has 0 radical (unpaired) electrons. The van der Waals surface area contributed by atoms with Crippen LogP contribution in [0.2, 0.25) is 5.02 Å². The van der Waals surface area contributed by atoms with Crippen LogP contribution in [-0.2, 0) is 29.2 Å². The van der Waals surface area contributed by atoms with Crippen molar-refractivity contribution in [2.24, 2.45) is 5.92 Å². The third-order valence-corrected chi connectivity index (χ3v) is 12.0. The van der Waals surface area contributed by atoms with E-state index in [4.69, 9.17) is 16.7 Å². The molecule has 1 unspecified atom stereocenters. The summed E-state index contributed by atoms with van der Waals surface area (Å²) in [5.41, 5.74) is 8.57. The highest BCUT2D eigenvalue weighted by Crippen LogP contribution is 2.34. The highest BCUT2D eigenvalue weighted by Gasteiger charge is 2.45. The van der Waals surface area contributed by atoms with Crippen LogP contribution in [0.5, 0.6) is 0 Å². The lowest BCUT2D eigenvalue weighted by Crippen LogP contribution is -2.54. The SMILES string of the molecule is Cc1c(-c2ccc(C#N)c(Cl)c2)nn(Cc2ccc(C(=O)N3CCC(CCN4Cc5cc6c(cc5C4)C(=O)N(C4CCC(=O)NC4=O)C6=O)CC3)cc2)c1C. The minimum absolute atomic E-state index is 0.0411. The van der Waals surface area contributed by atoms with Crippen LogP contribution in [0.1, 0.15) is 96.7 Å². The molecule has 0 spiro atoms. The molecule has 3 aromatic carbocycles. The van der Waals surface area contributed by atoms with Gasteiger partial charge in [0.2, 0.25) is 11.8 Å². The second-order valence-electron chi connectivity index (χ2n) is 15.1. The zero-order chi connectivity index (χ0) is 38.5. The number of aromatic nitrogens is 2. The molecule has 1 atom stereocenters. The Morgan fingerprint density at radius 2 is 1.60 bits per heavy atom. The van der Waals surface area contributed by atoms with E-state index in [1.54, 1.807) is 24.3 Å². The summed E-state index contributed by atoms with van der Waals surface area (Å²) in [6, 6.07) is 17.8. The van der Waals surface area contributed by atoms with Crippen LogP contribution < -0.4 is 5.32 Å². The topological polar surface area (TPSA) is 149 Å². The molecule has 13 heteroatoms. The summed E-state index contributed by atoms with van der Waals surface area (Å²) in [5, 5.41) is 16.7. The van der Waals surface area contributed by atoms with Crippen molar-refractivity contribution in [3.63, 3.8) is 0 Å². The molecule has 5 heterocycles. The minimum atomic E-state index is -0.968. The Morgan fingerprint density at radius 1 is 0.927 bits per heavy atom. The summed E-state index contributed by atoms with van der Waals surface area (Å²) >= 11 is 6.29. The van der Waals surface area contributed by atoms with Crippen LogP contribution in [0, 0.1) is 31.1 Å². The molecule has 0 bridgehead atoms. The molecule has 280 valence electrons. The van der Waals surface area contributed by atoms with E-state index < -0.39 is 29.7 Å². The second-order valence-corrected chi connectivity index (χ2v) is 15.5. The third kappa shape index (κ3) is 6.83. The van der Waals surface area contributed by atoms with Crippen molar-refractivity contribution in [3.8, 4) is 17.3 Å². The summed E-state index contributed by atoms with van der Waals surface area (Å²) in [6.07, 6.45) is 3.09. The van der Waals surface area contributed by atoms with Gasteiger partial charge in [0.25, 0.3) is 17.7 Å². The number of imide groups is 2. The van der Waals surface area contributed by atoms with Crippen LogP contribution >= 0.6 is 11.6 Å². The number of halogens is 1. The summed E-state index contributed by atoms with van der Waals surface area (Å²) in [5.74, 6) is -1.42. The average molecular weight is 758 g/mol. The van der Waals surface area contributed by atoms with Crippen LogP contribution in [0.4, 0.5) is 0 Å². The van der Waals surface area contributed by atoms with Gasteiger partial charge in [-0.05, 0) is 111 Å². The van der Waals surface area contributed by atoms with E-state index >= 15 is 0 Å². The first kappa shape index (κ1) is 36.3. The van der Waals surface area contributed by atoms with Crippen LogP contribution in [0.25, 0.3) is 11.3 Å². The van der Waals surface area contributed by atoms with Gasteiger partial charge in [-0.1, -0.05) is 29.8 Å². The minimum Gasteiger partial charge on any atom is -0.339 e. The standard InChI is InChI=1S/C42H40ClN7O5/c1-24-25(2)49(46-38(24)29-7-8-30(20-44)35(43)19-29)21-27-3-5-28(6-4-27)40(53)48-15-12-26(13-16-48)11-14-47-22-31-17-33-34(18-32(31)23-47)42(55)50(41(33)54)36-9-10-37(51)45-39(36)52/h3-8,17-19,26,36H,9-16,21-23H2,1-2H3,(H,45,51,52). The molecule has 2 saturated heterocycles. The van der Waals surface area contributed by atoms with Gasteiger partial charge in [-0.15, -0.1) is 0 Å². The highest BCUT2D eigenvalue weighted by molar-refractivity contribution is 6.32. The lowest BCUT2D eigenvalue weighted by molar-refractivity contribution is -0.136. The molecule has 1 aromatic heterocycles. The first-order valence-corrected chi connectivity index (χ1v) is 19.1. The van der Waals surface area contributed by atoms with Gasteiger partial charge in [0.1, 0.15) is 12.1 Å². The number of nitrogens with zero attached hydrogens (tertiary/aromatic N) is 6. The van der Waals surface area contributed by atoms with E-state index in [1.807, 2.05) is 53.8 Å². The van der Waals surface area contributed by atoms with E-state index in [-0.39, 0.29) is 18.7 Å². The summed E-state index contributed by atoms with van der Waals surface area (Å²) in [7, 11) is 0. The number of rotatable bonds is 8. The predicted octanol–water partition coefficient (Wildman–Crippen LogP) is 5.40. The third-order valence-electron chi connectivity index (χ3n) is 11.7. The maximum Gasteiger partial charge on any atom is 0.262 e.